The van der Waals surface area contributed by atoms with Gasteiger partial charge in [-0.3, -0.25) is 0 Å². The van der Waals surface area contributed by atoms with Crippen LogP contribution in [0.1, 0.15) is 17.7 Å². The minimum Gasteiger partial charge on any atom is -0.327 e. The van der Waals surface area contributed by atoms with Gasteiger partial charge in [0.25, 0.3) is 0 Å². The molecular weight excluding hydrogens is 318 g/mol. The van der Waals surface area contributed by atoms with Crippen LogP contribution in [0.4, 0.5) is 0 Å². The van der Waals surface area contributed by atoms with Crippen molar-refractivity contribution >= 4 is 46.5 Å². The van der Waals surface area contributed by atoms with Crippen LogP contribution in [-0.2, 0) is 0 Å². The lowest BCUT2D eigenvalue weighted by molar-refractivity contribution is 0.720. The van der Waals surface area contributed by atoms with E-state index in [1.165, 1.54) is 0 Å². The molecule has 0 bridgehead atoms. The summed E-state index contributed by atoms with van der Waals surface area (Å²) >= 11 is 10.8. The highest BCUT2D eigenvalue weighted by atomic mass is 35.5. The van der Waals surface area contributed by atoms with Crippen LogP contribution in [0.2, 0.25) is 5.02 Å². The number of nitrogens with zero attached hydrogens (tertiary/aromatic N) is 2. The maximum absolute atomic E-state index is 6.09. The second-order valence-corrected chi connectivity index (χ2v) is 7.84. The Morgan fingerprint density at radius 2 is 1.84 bits per heavy atom. The van der Waals surface area contributed by atoms with E-state index in [2.05, 4.69) is 10.2 Å². The lowest BCUT2D eigenvalue weighted by Crippen LogP contribution is -2.22. The zero-order valence-electron chi connectivity index (χ0n) is 10.5. The second-order valence-electron chi connectivity index (χ2n) is 3.99. The van der Waals surface area contributed by atoms with Crippen molar-refractivity contribution < 1.29 is 0 Å². The van der Waals surface area contributed by atoms with Gasteiger partial charge in [-0.15, -0.1) is 10.2 Å². The summed E-state index contributed by atoms with van der Waals surface area (Å²) < 4.78 is 1.92. The zero-order chi connectivity index (χ0) is 13.8. The number of halogens is 1. The Hall–Kier alpha value is -0.270. The number of hydrogen-bond donors (Lipinski definition) is 1. The largest absolute Gasteiger partial charge is 0.327 e. The monoisotopic (exact) mass is 331 g/mol. The molecule has 2 unspecified atom stereocenters. The Labute approximate surface area is 130 Å². The van der Waals surface area contributed by atoms with Crippen LogP contribution in [0, 0.1) is 0 Å². The Bertz CT molecular complexity index is 527. The minimum atomic E-state index is 0.0211. The molecule has 2 N–H and O–H groups in total. The number of aromatic nitrogens is 2. The first-order chi connectivity index (χ1) is 9.10. The lowest BCUT2D eigenvalue weighted by Gasteiger charge is -2.19. The van der Waals surface area contributed by atoms with E-state index in [9.17, 15) is 0 Å². The van der Waals surface area contributed by atoms with Gasteiger partial charge in [0.05, 0.1) is 5.25 Å². The second kappa shape index (κ2) is 6.95. The molecule has 7 heteroatoms. The van der Waals surface area contributed by atoms with Gasteiger partial charge in [-0.25, -0.2) is 0 Å². The third-order valence-electron chi connectivity index (χ3n) is 2.47. The molecule has 0 aliphatic heterocycles. The standard InChI is InChI=1S/C12H14ClN3S3/c1-7(14)10(8-3-5-9(13)6-4-8)18-12-16-15-11(17-2)19-12/h3-7,10H,14H2,1-2H3. The molecule has 0 spiro atoms. The van der Waals surface area contributed by atoms with Gasteiger partial charge in [0.15, 0.2) is 8.68 Å². The zero-order valence-corrected chi connectivity index (χ0v) is 13.7. The predicted molar refractivity (Wildman–Crippen MR) is 85.4 cm³/mol. The summed E-state index contributed by atoms with van der Waals surface area (Å²) in [5.41, 5.74) is 7.25. The Balaban J connectivity index is 2.18. The van der Waals surface area contributed by atoms with Crippen LogP contribution in [0.3, 0.4) is 0 Å². The van der Waals surface area contributed by atoms with Crippen molar-refractivity contribution in [2.24, 2.45) is 5.73 Å². The molecule has 1 heterocycles. The quantitative estimate of drug-likeness (QED) is 0.836. The Kier molecular flexibility index (Phi) is 5.53. The molecule has 1 aromatic heterocycles. The van der Waals surface area contributed by atoms with E-state index in [1.54, 1.807) is 34.9 Å². The maximum atomic E-state index is 6.09. The van der Waals surface area contributed by atoms with Gasteiger partial charge in [0.2, 0.25) is 0 Å². The van der Waals surface area contributed by atoms with Gasteiger partial charge in [-0.2, -0.15) is 0 Å². The van der Waals surface area contributed by atoms with Crippen LogP contribution in [-0.4, -0.2) is 22.5 Å². The molecular formula is C12H14ClN3S3. The summed E-state index contributed by atoms with van der Waals surface area (Å²) in [5.74, 6) is 0. The SMILES string of the molecule is CSc1nnc(SC(c2ccc(Cl)cc2)C(C)N)s1. The number of rotatable bonds is 5. The number of nitrogens with two attached hydrogens (primary N) is 1. The molecule has 0 saturated heterocycles. The first-order valence-corrected chi connectivity index (χ1v) is 8.95. The average Bonchev–Trinajstić information content (AvgIpc) is 2.85. The fourth-order valence-electron chi connectivity index (χ4n) is 1.57. The van der Waals surface area contributed by atoms with Crippen molar-refractivity contribution in [2.75, 3.05) is 6.26 Å². The molecule has 2 atom stereocenters. The molecule has 0 amide bonds. The highest BCUT2D eigenvalue weighted by Crippen LogP contribution is 2.39. The molecule has 0 radical (unpaired) electrons. The molecule has 3 nitrogen and oxygen atoms in total. The van der Waals surface area contributed by atoms with Crippen LogP contribution >= 0.6 is 46.5 Å². The lowest BCUT2D eigenvalue weighted by atomic mass is 10.1. The van der Waals surface area contributed by atoms with Crippen molar-refractivity contribution in [1.29, 1.82) is 0 Å². The number of thioether (sulfide) groups is 2. The minimum absolute atomic E-state index is 0.0211. The maximum Gasteiger partial charge on any atom is 0.175 e. The van der Waals surface area contributed by atoms with Crippen LogP contribution in [0.5, 0.6) is 0 Å². The molecule has 2 aromatic rings. The fraction of sp³-hybridized carbons (Fsp3) is 0.333. The third kappa shape index (κ3) is 4.10. The Morgan fingerprint density at radius 1 is 1.21 bits per heavy atom. The topological polar surface area (TPSA) is 51.8 Å². The van der Waals surface area contributed by atoms with Crippen molar-refractivity contribution in [3.8, 4) is 0 Å². The molecule has 0 saturated carbocycles. The summed E-state index contributed by atoms with van der Waals surface area (Å²) in [6, 6.07) is 7.83. The smallest absolute Gasteiger partial charge is 0.175 e. The van der Waals surface area contributed by atoms with Gasteiger partial charge in [-0.05, 0) is 30.9 Å². The van der Waals surface area contributed by atoms with Gasteiger partial charge in [-0.1, -0.05) is 58.6 Å². The normalized spacial score (nSPS) is 14.3. The Morgan fingerprint density at radius 3 is 2.37 bits per heavy atom. The highest BCUT2D eigenvalue weighted by Gasteiger charge is 2.20. The number of hydrogen-bond acceptors (Lipinski definition) is 6. The summed E-state index contributed by atoms with van der Waals surface area (Å²) in [6.45, 7) is 2.00. The van der Waals surface area contributed by atoms with E-state index in [1.807, 2.05) is 37.4 Å². The van der Waals surface area contributed by atoms with Crippen molar-refractivity contribution in [3.05, 3.63) is 34.9 Å². The predicted octanol–water partition coefficient (Wildman–Crippen LogP) is 4.09. The third-order valence-corrected chi connectivity index (χ3v) is 6.19. The van der Waals surface area contributed by atoms with Crippen LogP contribution < -0.4 is 5.73 Å². The van der Waals surface area contributed by atoms with E-state index in [-0.39, 0.29) is 11.3 Å². The fourth-order valence-corrected chi connectivity index (χ4v) is 4.41. The molecule has 0 aliphatic carbocycles. The van der Waals surface area contributed by atoms with Gasteiger partial charge >= 0.3 is 0 Å². The van der Waals surface area contributed by atoms with E-state index in [0.717, 1.165) is 19.3 Å². The molecule has 1 aromatic carbocycles. The first-order valence-electron chi connectivity index (χ1n) is 5.65. The van der Waals surface area contributed by atoms with E-state index >= 15 is 0 Å². The molecule has 2 rings (SSSR count). The summed E-state index contributed by atoms with van der Waals surface area (Å²) in [6.07, 6.45) is 2.00. The molecule has 102 valence electrons. The van der Waals surface area contributed by atoms with Crippen LogP contribution in [0.15, 0.2) is 32.9 Å². The average molecular weight is 332 g/mol. The van der Waals surface area contributed by atoms with Crippen molar-refractivity contribution in [1.82, 2.24) is 10.2 Å². The summed E-state index contributed by atoms with van der Waals surface area (Å²) in [4.78, 5) is 0. The van der Waals surface area contributed by atoms with Crippen molar-refractivity contribution in [2.45, 2.75) is 26.9 Å². The molecule has 19 heavy (non-hydrogen) atoms. The van der Waals surface area contributed by atoms with Gasteiger partial charge < -0.3 is 5.73 Å². The molecule has 0 aliphatic rings. The first kappa shape index (κ1) is 15.1. The van der Waals surface area contributed by atoms with Crippen LogP contribution in [0.25, 0.3) is 0 Å². The van der Waals surface area contributed by atoms with Gasteiger partial charge in [0, 0.05) is 11.1 Å². The summed E-state index contributed by atoms with van der Waals surface area (Å²) in [7, 11) is 0. The van der Waals surface area contributed by atoms with E-state index in [4.69, 9.17) is 17.3 Å². The molecule has 0 fully saturated rings. The summed E-state index contributed by atoms with van der Waals surface area (Å²) in [5, 5.41) is 9.17. The number of benzene rings is 1. The van der Waals surface area contributed by atoms with Gasteiger partial charge in [0.1, 0.15) is 0 Å². The van der Waals surface area contributed by atoms with E-state index < -0.39 is 0 Å². The van der Waals surface area contributed by atoms with E-state index in [0.29, 0.717) is 0 Å². The highest BCUT2D eigenvalue weighted by molar-refractivity contribution is 8.03. The van der Waals surface area contributed by atoms with Crippen molar-refractivity contribution in [3.63, 3.8) is 0 Å².